The van der Waals surface area contributed by atoms with Crippen LogP contribution in [0.5, 0.6) is 0 Å². The molecule has 0 unspecified atom stereocenters. The molecular weight excluding hydrogens is 266 g/mol. The number of esters is 1. The zero-order valence-electron chi connectivity index (χ0n) is 9.19. The van der Waals surface area contributed by atoms with Crippen LogP contribution in [0.25, 0.3) is 0 Å². The Morgan fingerprint density at radius 1 is 1.56 bits per heavy atom. The van der Waals surface area contributed by atoms with Gasteiger partial charge in [0.15, 0.2) is 6.20 Å². The molecule has 0 saturated heterocycles. The molecule has 0 bridgehead atoms. The molecule has 0 radical (unpaired) electrons. The monoisotopic (exact) mass is 275 g/mol. The van der Waals surface area contributed by atoms with Gasteiger partial charge in [0.2, 0.25) is 10.0 Å². The molecule has 1 aromatic heterocycles. The largest absolute Gasteiger partial charge is 0.468 e. The Balaban J connectivity index is 2.85. The van der Waals surface area contributed by atoms with Gasteiger partial charge in [-0.25, -0.2) is 8.42 Å². The van der Waals surface area contributed by atoms with Crippen molar-refractivity contribution >= 4 is 21.8 Å². The van der Waals surface area contributed by atoms with Crippen LogP contribution in [-0.2, 0) is 19.6 Å². The second-order valence-electron chi connectivity index (χ2n) is 3.01. The molecule has 18 heavy (non-hydrogen) atoms. The summed E-state index contributed by atoms with van der Waals surface area (Å²) in [4.78, 5) is 23.4. The highest BCUT2D eigenvalue weighted by atomic mass is 32.2. The first-order valence-electron chi connectivity index (χ1n) is 4.54. The minimum atomic E-state index is -3.94. The summed E-state index contributed by atoms with van der Waals surface area (Å²) in [6.45, 7) is -0.532. The van der Waals surface area contributed by atoms with E-state index in [1.54, 1.807) is 0 Å². The number of sulfonamides is 1. The maximum atomic E-state index is 11.6. The van der Waals surface area contributed by atoms with Crippen LogP contribution in [0, 0.1) is 10.1 Å². The lowest BCUT2D eigenvalue weighted by atomic mass is 10.5. The Morgan fingerprint density at radius 2 is 2.22 bits per heavy atom. The molecule has 0 spiro atoms. The fraction of sp³-hybridized carbons (Fsp3) is 0.250. The van der Waals surface area contributed by atoms with Crippen molar-refractivity contribution in [1.29, 1.82) is 0 Å². The van der Waals surface area contributed by atoms with E-state index in [0.717, 1.165) is 25.4 Å². The summed E-state index contributed by atoms with van der Waals surface area (Å²) < 4.78 is 29.4. The van der Waals surface area contributed by atoms with Crippen LogP contribution in [0.2, 0.25) is 0 Å². The Kier molecular flexibility index (Phi) is 4.28. The third-order valence-electron chi connectivity index (χ3n) is 1.85. The van der Waals surface area contributed by atoms with E-state index >= 15 is 0 Å². The minimum absolute atomic E-state index is 0.281. The summed E-state index contributed by atoms with van der Waals surface area (Å²) in [5, 5.41) is 10.3. The highest BCUT2D eigenvalue weighted by Crippen LogP contribution is 2.11. The van der Waals surface area contributed by atoms with Crippen molar-refractivity contribution in [2.45, 2.75) is 4.90 Å². The molecule has 0 atom stereocenters. The lowest BCUT2D eigenvalue weighted by Gasteiger charge is -2.03. The van der Waals surface area contributed by atoms with E-state index in [1.807, 2.05) is 4.72 Å². The summed E-state index contributed by atoms with van der Waals surface area (Å²) in [5.74, 6) is -1.23. The molecule has 1 heterocycles. The average Bonchev–Trinajstić information content (AvgIpc) is 2.36. The number of rotatable bonds is 5. The quantitative estimate of drug-likeness (QED) is 0.433. The van der Waals surface area contributed by atoms with Gasteiger partial charge in [0, 0.05) is 6.07 Å². The number of nitrogens with zero attached hydrogens (tertiary/aromatic N) is 2. The third-order valence-corrected chi connectivity index (χ3v) is 3.24. The summed E-state index contributed by atoms with van der Waals surface area (Å²) >= 11 is 0. The second-order valence-corrected chi connectivity index (χ2v) is 4.78. The summed E-state index contributed by atoms with van der Waals surface area (Å²) in [7, 11) is -2.83. The standard InChI is InChI=1S/C8H9N3O6S/c1-17-8(12)5-10-18(15,16)6-2-3-7(9-4-6)11(13)14/h2-4,10H,5H2,1H3. The van der Waals surface area contributed by atoms with Gasteiger partial charge in [-0.2, -0.15) is 4.72 Å². The van der Waals surface area contributed by atoms with Crippen LogP contribution < -0.4 is 4.72 Å². The Morgan fingerprint density at radius 3 is 2.67 bits per heavy atom. The molecule has 98 valence electrons. The maximum Gasteiger partial charge on any atom is 0.363 e. The van der Waals surface area contributed by atoms with Crippen molar-refractivity contribution in [3.05, 3.63) is 28.4 Å². The number of methoxy groups -OCH3 is 1. The van der Waals surface area contributed by atoms with Crippen molar-refractivity contribution < 1.29 is 22.9 Å². The molecule has 0 aromatic carbocycles. The molecule has 1 rings (SSSR count). The summed E-state index contributed by atoms with van der Waals surface area (Å²) in [5.41, 5.74) is 0. The van der Waals surface area contributed by atoms with Crippen LogP contribution in [-0.4, -0.2) is 37.9 Å². The molecule has 9 nitrogen and oxygen atoms in total. The van der Waals surface area contributed by atoms with Crippen molar-refractivity contribution in [3.63, 3.8) is 0 Å². The van der Waals surface area contributed by atoms with Gasteiger partial charge in [-0.05, 0) is 16.0 Å². The molecule has 1 aromatic rings. The molecule has 0 aliphatic rings. The molecule has 0 amide bonds. The number of hydrogen-bond acceptors (Lipinski definition) is 7. The number of ether oxygens (including phenoxy) is 1. The average molecular weight is 275 g/mol. The second kappa shape index (κ2) is 5.51. The number of pyridine rings is 1. The minimum Gasteiger partial charge on any atom is -0.468 e. The fourth-order valence-electron chi connectivity index (χ4n) is 0.949. The van der Waals surface area contributed by atoms with Crippen molar-refractivity contribution in [1.82, 2.24) is 9.71 Å². The first-order valence-corrected chi connectivity index (χ1v) is 6.02. The zero-order chi connectivity index (χ0) is 13.8. The number of nitro groups is 1. The Hall–Kier alpha value is -2.07. The van der Waals surface area contributed by atoms with E-state index in [9.17, 15) is 23.3 Å². The maximum absolute atomic E-state index is 11.6. The van der Waals surface area contributed by atoms with Gasteiger partial charge in [0.1, 0.15) is 11.4 Å². The van der Waals surface area contributed by atoms with E-state index in [4.69, 9.17) is 0 Å². The first kappa shape index (κ1) is 14.0. The van der Waals surface area contributed by atoms with E-state index in [2.05, 4.69) is 9.72 Å². The first-order chi connectivity index (χ1) is 8.36. The molecule has 1 N–H and O–H groups in total. The van der Waals surface area contributed by atoms with Gasteiger partial charge < -0.3 is 14.9 Å². The third kappa shape index (κ3) is 3.46. The van der Waals surface area contributed by atoms with E-state index in [1.165, 1.54) is 0 Å². The number of carbonyl (C=O) groups is 1. The van der Waals surface area contributed by atoms with Crippen LogP contribution in [0.4, 0.5) is 5.82 Å². The highest BCUT2D eigenvalue weighted by molar-refractivity contribution is 7.89. The van der Waals surface area contributed by atoms with Gasteiger partial charge in [-0.15, -0.1) is 0 Å². The Bertz CT molecular complexity index is 553. The van der Waals surface area contributed by atoms with Crippen molar-refractivity contribution in [3.8, 4) is 0 Å². The summed E-state index contributed by atoms with van der Waals surface area (Å²) in [6.07, 6.45) is 0.831. The smallest absolute Gasteiger partial charge is 0.363 e. The summed E-state index contributed by atoms with van der Waals surface area (Å²) in [6, 6.07) is 1.97. The van der Waals surface area contributed by atoms with Gasteiger partial charge in [0.25, 0.3) is 0 Å². The van der Waals surface area contributed by atoms with Crippen molar-refractivity contribution in [2.75, 3.05) is 13.7 Å². The fourth-order valence-corrected chi connectivity index (χ4v) is 1.86. The highest BCUT2D eigenvalue weighted by Gasteiger charge is 2.19. The molecule has 0 fully saturated rings. The van der Waals surface area contributed by atoms with Crippen LogP contribution in [0.15, 0.2) is 23.2 Å². The SMILES string of the molecule is COC(=O)CNS(=O)(=O)c1ccc([N+](=O)[O-])nc1. The molecule has 0 aliphatic carbocycles. The Labute approximate surface area is 102 Å². The van der Waals surface area contributed by atoms with Crippen molar-refractivity contribution in [2.24, 2.45) is 0 Å². The number of nitrogens with one attached hydrogen (secondary N) is 1. The van der Waals surface area contributed by atoms with E-state index in [0.29, 0.717) is 0 Å². The lowest BCUT2D eigenvalue weighted by Crippen LogP contribution is -2.30. The topological polar surface area (TPSA) is 128 Å². The molecule has 0 saturated carbocycles. The van der Waals surface area contributed by atoms with Gasteiger partial charge in [-0.1, -0.05) is 0 Å². The number of carbonyl (C=O) groups excluding carboxylic acids is 1. The predicted molar refractivity (Wildman–Crippen MR) is 58.1 cm³/mol. The zero-order valence-corrected chi connectivity index (χ0v) is 10.0. The van der Waals surface area contributed by atoms with Crippen LogP contribution in [0.3, 0.4) is 0 Å². The molecule has 10 heteroatoms. The van der Waals surface area contributed by atoms with Gasteiger partial charge >= 0.3 is 11.8 Å². The van der Waals surface area contributed by atoms with Crippen LogP contribution in [0.1, 0.15) is 0 Å². The van der Waals surface area contributed by atoms with E-state index < -0.39 is 33.3 Å². The number of hydrogen-bond donors (Lipinski definition) is 1. The lowest BCUT2D eigenvalue weighted by molar-refractivity contribution is -0.389. The van der Waals surface area contributed by atoms with Gasteiger partial charge in [-0.3, -0.25) is 4.79 Å². The molecule has 0 aliphatic heterocycles. The molecular formula is C8H9N3O6S. The predicted octanol–water partition coefficient (Wildman–Crippen LogP) is -0.559. The van der Waals surface area contributed by atoms with Crippen LogP contribution >= 0.6 is 0 Å². The van der Waals surface area contributed by atoms with E-state index in [-0.39, 0.29) is 4.90 Å². The normalized spacial score (nSPS) is 10.9. The van der Waals surface area contributed by atoms with Gasteiger partial charge in [0.05, 0.1) is 7.11 Å². The number of aromatic nitrogens is 1.